The minimum Gasteiger partial charge on any atom is -0.259 e. The molecule has 3 heteroatoms. The van der Waals surface area contributed by atoms with Crippen LogP contribution in [0.25, 0.3) is 0 Å². The van der Waals surface area contributed by atoms with Crippen LogP contribution in [0.3, 0.4) is 0 Å². The molecular weight excluding hydrogens is 299 g/mol. The molecule has 1 aromatic heterocycles. The number of allylic oxidation sites excluding steroid dienone is 3. The summed E-state index contributed by atoms with van der Waals surface area (Å²) in [5.41, 5.74) is 2.23. The van der Waals surface area contributed by atoms with Crippen LogP contribution in [-0.2, 0) is 17.1 Å². The zero-order valence-electron chi connectivity index (χ0n) is 12.3. The van der Waals surface area contributed by atoms with Gasteiger partial charge in [0.1, 0.15) is 0 Å². The summed E-state index contributed by atoms with van der Waals surface area (Å²) in [4.78, 5) is 8.96. The van der Waals surface area contributed by atoms with E-state index in [9.17, 15) is 0 Å². The van der Waals surface area contributed by atoms with Crippen LogP contribution < -0.4 is 0 Å². The van der Waals surface area contributed by atoms with Crippen LogP contribution in [0.1, 0.15) is 37.8 Å². The summed E-state index contributed by atoms with van der Waals surface area (Å²) in [6.45, 7) is 7.69. The molecule has 0 amide bonds. The third-order valence-corrected chi connectivity index (χ3v) is 3.83. The van der Waals surface area contributed by atoms with E-state index in [1.165, 1.54) is 0 Å². The number of hydrogen-bond donors (Lipinski definition) is 0. The minimum atomic E-state index is 0. The van der Waals surface area contributed by atoms with E-state index in [1.807, 2.05) is 42.7 Å². The van der Waals surface area contributed by atoms with E-state index in [4.69, 9.17) is 0 Å². The van der Waals surface area contributed by atoms with Crippen LogP contribution in [0.4, 0.5) is 0 Å². The molecule has 0 aromatic carbocycles. The van der Waals surface area contributed by atoms with E-state index >= 15 is 0 Å². The smallest absolute Gasteiger partial charge is 0.0844 e. The molecule has 2 heterocycles. The van der Waals surface area contributed by atoms with Crippen LogP contribution in [0.15, 0.2) is 67.0 Å². The molecule has 0 bridgehead atoms. The zero-order valence-corrected chi connectivity index (χ0v) is 13.5. The average Bonchev–Trinajstić information content (AvgIpc) is 2.52. The van der Waals surface area contributed by atoms with Gasteiger partial charge in [-0.2, -0.15) is 0 Å². The van der Waals surface area contributed by atoms with Crippen molar-refractivity contribution in [2.45, 2.75) is 32.1 Å². The van der Waals surface area contributed by atoms with Crippen LogP contribution >= 0.6 is 0 Å². The molecule has 0 saturated heterocycles. The first kappa shape index (κ1) is 17.6. The van der Waals surface area contributed by atoms with E-state index in [2.05, 4.69) is 29.2 Å². The number of aliphatic imine (C=N–C) groups is 1. The standard InChI is InChI=1S/C18H22N2.Mn/c1-3-5-10-18(11-6-4-2)12-14-20-17(15-18)16-9-7-8-13-19-16;/h3-4,7-9,12-14H,1-2,5-6,10-11,15H2;. The van der Waals surface area contributed by atoms with Gasteiger partial charge in [0.15, 0.2) is 0 Å². The molecule has 1 aliphatic heterocycles. The number of pyridine rings is 1. The van der Waals surface area contributed by atoms with Gasteiger partial charge in [0.25, 0.3) is 0 Å². The van der Waals surface area contributed by atoms with Crippen LogP contribution in [0.2, 0.25) is 0 Å². The largest absolute Gasteiger partial charge is 0.259 e. The summed E-state index contributed by atoms with van der Waals surface area (Å²) in [6, 6.07) is 5.98. The van der Waals surface area contributed by atoms with Crippen molar-refractivity contribution in [2.75, 3.05) is 0 Å². The van der Waals surface area contributed by atoms with E-state index in [0.717, 1.165) is 43.5 Å². The summed E-state index contributed by atoms with van der Waals surface area (Å²) in [5.74, 6) is 0. The molecule has 1 aromatic rings. The normalized spacial score (nSPS) is 15.7. The predicted molar refractivity (Wildman–Crippen MR) is 85.8 cm³/mol. The van der Waals surface area contributed by atoms with Gasteiger partial charge in [-0.15, -0.1) is 13.2 Å². The van der Waals surface area contributed by atoms with Gasteiger partial charge in [0.05, 0.1) is 11.4 Å². The van der Waals surface area contributed by atoms with Gasteiger partial charge in [-0.05, 0) is 43.2 Å². The molecule has 2 nitrogen and oxygen atoms in total. The van der Waals surface area contributed by atoms with Crippen molar-refractivity contribution in [3.8, 4) is 0 Å². The third-order valence-electron chi connectivity index (χ3n) is 3.83. The Morgan fingerprint density at radius 2 is 1.86 bits per heavy atom. The molecule has 0 saturated carbocycles. The molecule has 0 atom stereocenters. The van der Waals surface area contributed by atoms with Crippen molar-refractivity contribution in [1.29, 1.82) is 0 Å². The second-order valence-electron chi connectivity index (χ2n) is 5.30. The number of rotatable bonds is 7. The molecule has 0 fully saturated rings. The molecule has 0 spiro atoms. The van der Waals surface area contributed by atoms with Gasteiger partial charge >= 0.3 is 0 Å². The van der Waals surface area contributed by atoms with Gasteiger partial charge in [0.2, 0.25) is 0 Å². The summed E-state index contributed by atoms with van der Waals surface area (Å²) in [6.07, 6.45) is 15.2. The maximum Gasteiger partial charge on any atom is 0.0844 e. The van der Waals surface area contributed by atoms with Crippen molar-refractivity contribution < 1.29 is 17.1 Å². The molecule has 21 heavy (non-hydrogen) atoms. The maximum absolute atomic E-state index is 4.53. The summed E-state index contributed by atoms with van der Waals surface area (Å²) >= 11 is 0. The van der Waals surface area contributed by atoms with Crippen molar-refractivity contribution in [1.82, 2.24) is 4.98 Å². The quantitative estimate of drug-likeness (QED) is 0.527. The van der Waals surface area contributed by atoms with Crippen molar-refractivity contribution >= 4 is 5.71 Å². The molecule has 1 aliphatic rings. The monoisotopic (exact) mass is 321 g/mol. The second-order valence-corrected chi connectivity index (χ2v) is 5.30. The Kier molecular flexibility index (Phi) is 7.35. The van der Waals surface area contributed by atoms with Crippen molar-refractivity contribution in [3.05, 3.63) is 67.7 Å². The Morgan fingerprint density at radius 1 is 1.14 bits per heavy atom. The van der Waals surface area contributed by atoms with Gasteiger partial charge in [-0.1, -0.05) is 24.3 Å². The SMILES string of the molecule is C=CCCC1(CCC=C)C=CN=C(c2ccccn2)C1.[Mn]. The number of hydrogen-bond acceptors (Lipinski definition) is 2. The van der Waals surface area contributed by atoms with Gasteiger partial charge < -0.3 is 0 Å². The van der Waals surface area contributed by atoms with E-state index in [1.54, 1.807) is 0 Å². The Hall–Kier alpha value is -1.44. The van der Waals surface area contributed by atoms with Gasteiger partial charge in [-0.3, -0.25) is 9.98 Å². The molecular formula is C18H22MnN2. The topological polar surface area (TPSA) is 25.2 Å². The summed E-state index contributed by atoms with van der Waals surface area (Å²) < 4.78 is 0. The van der Waals surface area contributed by atoms with Gasteiger partial charge in [0, 0.05) is 35.9 Å². The fraction of sp³-hybridized carbons (Fsp3) is 0.333. The second kappa shape index (κ2) is 8.76. The number of nitrogens with zero attached hydrogens (tertiary/aromatic N) is 2. The molecule has 0 aliphatic carbocycles. The van der Waals surface area contributed by atoms with Crippen LogP contribution in [0, 0.1) is 5.41 Å². The van der Waals surface area contributed by atoms with Crippen molar-refractivity contribution in [2.24, 2.45) is 10.4 Å². The molecule has 0 unspecified atom stereocenters. The Balaban J connectivity index is 0.00000220. The Bertz CT molecular complexity index is 505. The summed E-state index contributed by atoms with van der Waals surface area (Å²) in [5, 5.41) is 0. The van der Waals surface area contributed by atoms with Crippen LogP contribution in [-0.4, -0.2) is 10.7 Å². The fourth-order valence-corrected chi connectivity index (χ4v) is 2.66. The maximum atomic E-state index is 4.53. The predicted octanol–water partition coefficient (Wildman–Crippen LogP) is 4.70. The van der Waals surface area contributed by atoms with E-state index in [0.29, 0.717) is 0 Å². The Morgan fingerprint density at radius 3 is 2.43 bits per heavy atom. The van der Waals surface area contributed by atoms with Crippen molar-refractivity contribution in [3.63, 3.8) is 0 Å². The Labute approximate surface area is 138 Å². The summed E-state index contributed by atoms with van der Waals surface area (Å²) in [7, 11) is 0. The molecule has 1 radical (unpaired) electrons. The first-order valence-electron chi connectivity index (χ1n) is 7.17. The molecule has 111 valence electrons. The molecule has 2 rings (SSSR count). The first-order chi connectivity index (χ1) is 9.79. The fourth-order valence-electron chi connectivity index (χ4n) is 2.66. The minimum absolute atomic E-state index is 0. The number of aromatic nitrogens is 1. The van der Waals surface area contributed by atoms with Gasteiger partial charge in [-0.25, -0.2) is 0 Å². The average molecular weight is 321 g/mol. The third kappa shape index (κ3) is 4.80. The molecule has 0 N–H and O–H groups in total. The van der Waals surface area contributed by atoms with Crippen LogP contribution in [0.5, 0.6) is 0 Å². The first-order valence-corrected chi connectivity index (χ1v) is 7.17. The van der Waals surface area contributed by atoms with E-state index < -0.39 is 0 Å². The van der Waals surface area contributed by atoms with E-state index in [-0.39, 0.29) is 22.5 Å². The zero-order chi connectivity index (χ0) is 14.3.